The van der Waals surface area contributed by atoms with Crippen LogP contribution >= 0.6 is 0 Å². The van der Waals surface area contributed by atoms with Gasteiger partial charge in [-0.25, -0.2) is 0 Å². The van der Waals surface area contributed by atoms with Gasteiger partial charge in [-0.2, -0.15) is 0 Å². The average molecular weight is 439 g/mol. The molecule has 0 spiro atoms. The van der Waals surface area contributed by atoms with Gasteiger partial charge in [0.25, 0.3) is 0 Å². The summed E-state index contributed by atoms with van der Waals surface area (Å²) >= 11 is 0. The van der Waals surface area contributed by atoms with Gasteiger partial charge in [-0.1, -0.05) is 49.2 Å². The van der Waals surface area contributed by atoms with Crippen molar-refractivity contribution in [1.82, 2.24) is 0 Å². The van der Waals surface area contributed by atoms with Crippen LogP contribution in [0, 0.1) is 13.8 Å². The third-order valence-corrected chi connectivity index (χ3v) is 5.09. The van der Waals surface area contributed by atoms with Gasteiger partial charge in [0.15, 0.2) is 0 Å². The van der Waals surface area contributed by atoms with E-state index in [2.05, 4.69) is 12.1 Å². The average Bonchev–Trinajstić information content (AvgIpc) is 2.79. The van der Waals surface area contributed by atoms with Gasteiger partial charge in [-0.05, 0) is 26.0 Å². The van der Waals surface area contributed by atoms with E-state index in [1.54, 1.807) is 13.8 Å². The molecule has 3 aromatic carbocycles. The Kier molecular flexibility index (Phi) is 7.92. The predicted molar refractivity (Wildman–Crippen MR) is 124 cm³/mol. The first-order valence-electron chi connectivity index (χ1n) is 11.0. The van der Waals surface area contributed by atoms with Gasteiger partial charge in [0.2, 0.25) is 0 Å². The van der Waals surface area contributed by atoms with Crippen molar-refractivity contribution in [1.29, 1.82) is 0 Å². The maximum absolute atomic E-state index is 11.4. The predicted octanol–water partition coefficient (Wildman–Crippen LogP) is 5.27. The van der Waals surface area contributed by atoms with E-state index in [1.165, 1.54) is 0 Å². The van der Waals surface area contributed by atoms with Gasteiger partial charge < -0.3 is 18.9 Å². The molecule has 0 saturated heterocycles. The van der Waals surface area contributed by atoms with Crippen LogP contribution in [0.4, 0.5) is 0 Å². The number of esters is 2. The van der Waals surface area contributed by atoms with Gasteiger partial charge in [0.1, 0.15) is 37.9 Å². The molecule has 6 heteroatoms. The molecule has 6 nitrogen and oxygen atoms in total. The first kappa shape index (κ1) is 23.4. The summed E-state index contributed by atoms with van der Waals surface area (Å²) in [6.45, 7) is 8.46. The lowest BCUT2D eigenvalue weighted by Gasteiger charge is -2.19. The normalized spacial score (nSPS) is 10.9. The van der Waals surface area contributed by atoms with Crippen LogP contribution in [0.3, 0.4) is 0 Å². The van der Waals surface area contributed by atoms with Crippen molar-refractivity contribution in [3.8, 4) is 11.5 Å². The minimum absolute atomic E-state index is 0.189. The first-order chi connectivity index (χ1) is 15.4. The minimum atomic E-state index is -0.248. The highest BCUT2D eigenvalue weighted by Gasteiger charge is 2.17. The lowest BCUT2D eigenvalue weighted by molar-refractivity contribution is -0.144. The Labute approximate surface area is 188 Å². The molecule has 0 amide bonds. The molecule has 0 aliphatic heterocycles. The Hall–Kier alpha value is -3.28. The maximum atomic E-state index is 11.4. The number of fused-ring (bicyclic) bond motifs is 2. The second kappa shape index (κ2) is 10.8. The second-order valence-corrected chi connectivity index (χ2v) is 7.60. The molecular formula is C26H30O6. The maximum Gasteiger partial charge on any atom is 0.305 e. The standard InChI is InChI=1S/C26H30O6/c1-5-23(27)29-11-13-31-25-19-9-7-18(4)16-22(19)26(32-14-12-30-24(28)6-2)20-10-8-17(3)15-21(20)25/h7-10,15-16H,5-6,11-14H2,1-4H3. The highest BCUT2D eigenvalue weighted by atomic mass is 16.6. The minimum Gasteiger partial charge on any atom is -0.489 e. The van der Waals surface area contributed by atoms with Crippen LogP contribution in [0.15, 0.2) is 36.4 Å². The van der Waals surface area contributed by atoms with Gasteiger partial charge in [0.05, 0.1) is 0 Å². The van der Waals surface area contributed by atoms with E-state index in [0.29, 0.717) is 12.8 Å². The summed E-state index contributed by atoms with van der Waals surface area (Å²) in [6, 6.07) is 12.2. The molecule has 0 saturated carbocycles. The summed E-state index contributed by atoms with van der Waals surface area (Å²) in [7, 11) is 0. The van der Waals surface area contributed by atoms with Crippen LogP contribution in [-0.4, -0.2) is 38.4 Å². The molecule has 3 rings (SSSR count). The number of aryl methyl sites for hydroxylation is 2. The lowest BCUT2D eigenvalue weighted by atomic mass is 9.98. The fourth-order valence-corrected chi connectivity index (χ4v) is 3.49. The lowest BCUT2D eigenvalue weighted by Crippen LogP contribution is -2.12. The van der Waals surface area contributed by atoms with E-state index in [0.717, 1.165) is 44.2 Å². The Bertz CT molecular complexity index is 1030. The zero-order valence-electron chi connectivity index (χ0n) is 19.2. The van der Waals surface area contributed by atoms with Gasteiger partial charge >= 0.3 is 11.9 Å². The monoisotopic (exact) mass is 438 g/mol. The van der Waals surface area contributed by atoms with Crippen LogP contribution in [0.5, 0.6) is 11.5 Å². The van der Waals surface area contributed by atoms with Gasteiger partial charge in [-0.15, -0.1) is 0 Å². The Balaban J connectivity index is 2.00. The van der Waals surface area contributed by atoms with Crippen LogP contribution < -0.4 is 9.47 Å². The topological polar surface area (TPSA) is 71.1 Å². The highest BCUT2D eigenvalue weighted by molar-refractivity contribution is 6.11. The molecule has 0 aliphatic rings. The molecule has 0 aromatic heterocycles. The van der Waals surface area contributed by atoms with E-state index >= 15 is 0 Å². The van der Waals surface area contributed by atoms with Crippen molar-refractivity contribution in [2.24, 2.45) is 0 Å². The molecule has 32 heavy (non-hydrogen) atoms. The second-order valence-electron chi connectivity index (χ2n) is 7.60. The van der Waals surface area contributed by atoms with E-state index in [9.17, 15) is 9.59 Å². The third kappa shape index (κ3) is 5.49. The molecular weight excluding hydrogens is 408 g/mol. The zero-order chi connectivity index (χ0) is 23.1. The van der Waals surface area contributed by atoms with E-state index in [-0.39, 0.29) is 38.4 Å². The van der Waals surface area contributed by atoms with Crippen molar-refractivity contribution < 1.29 is 28.5 Å². The fourth-order valence-electron chi connectivity index (χ4n) is 3.49. The third-order valence-electron chi connectivity index (χ3n) is 5.09. The molecule has 170 valence electrons. The quantitative estimate of drug-likeness (QED) is 0.244. The van der Waals surface area contributed by atoms with Crippen molar-refractivity contribution >= 4 is 33.5 Å². The SMILES string of the molecule is CCC(=O)OCCOc1c2ccc(C)cc2c(OCCOC(=O)CC)c2ccc(C)cc12. The van der Waals surface area contributed by atoms with Gasteiger partial charge in [-0.3, -0.25) is 9.59 Å². The van der Waals surface area contributed by atoms with Crippen molar-refractivity contribution in [2.45, 2.75) is 40.5 Å². The van der Waals surface area contributed by atoms with Crippen LogP contribution in [-0.2, 0) is 19.1 Å². The number of ether oxygens (including phenoxy) is 4. The molecule has 0 N–H and O–H groups in total. The number of hydrogen-bond donors (Lipinski definition) is 0. The largest absolute Gasteiger partial charge is 0.489 e. The van der Waals surface area contributed by atoms with Crippen molar-refractivity contribution in [3.05, 3.63) is 47.5 Å². The summed E-state index contributed by atoms with van der Waals surface area (Å²) in [5.74, 6) is 0.969. The van der Waals surface area contributed by atoms with E-state index in [1.807, 2.05) is 38.1 Å². The molecule has 0 atom stereocenters. The molecule has 0 heterocycles. The number of carbonyl (C=O) groups excluding carboxylic acids is 2. The summed E-state index contributed by atoms with van der Waals surface area (Å²) in [6.07, 6.45) is 0.674. The van der Waals surface area contributed by atoms with Crippen molar-refractivity contribution in [2.75, 3.05) is 26.4 Å². The highest BCUT2D eigenvalue weighted by Crippen LogP contribution is 2.43. The summed E-state index contributed by atoms with van der Waals surface area (Å²) in [5, 5.41) is 3.67. The smallest absolute Gasteiger partial charge is 0.305 e. The van der Waals surface area contributed by atoms with Crippen LogP contribution in [0.1, 0.15) is 37.8 Å². The number of rotatable bonds is 10. The molecule has 0 radical (unpaired) electrons. The Morgan fingerprint density at radius 2 is 1.03 bits per heavy atom. The Morgan fingerprint density at radius 3 is 1.41 bits per heavy atom. The van der Waals surface area contributed by atoms with E-state index < -0.39 is 0 Å². The molecule has 0 unspecified atom stereocenters. The molecule has 3 aromatic rings. The summed E-state index contributed by atoms with van der Waals surface area (Å²) < 4.78 is 22.6. The fraction of sp³-hybridized carbons (Fsp3) is 0.385. The molecule has 0 bridgehead atoms. The Morgan fingerprint density at radius 1 is 0.625 bits per heavy atom. The summed E-state index contributed by atoms with van der Waals surface area (Å²) in [5.41, 5.74) is 2.18. The van der Waals surface area contributed by atoms with Crippen LogP contribution in [0.25, 0.3) is 21.5 Å². The molecule has 0 fully saturated rings. The van der Waals surface area contributed by atoms with E-state index in [4.69, 9.17) is 18.9 Å². The zero-order valence-corrected chi connectivity index (χ0v) is 19.2. The number of hydrogen-bond acceptors (Lipinski definition) is 6. The van der Waals surface area contributed by atoms with Gasteiger partial charge in [0, 0.05) is 34.4 Å². The van der Waals surface area contributed by atoms with Crippen molar-refractivity contribution in [3.63, 3.8) is 0 Å². The summed E-state index contributed by atoms with van der Waals surface area (Å²) in [4.78, 5) is 22.9. The first-order valence-corrected chi connectivity index (χ1v) is 11.0. The van der Waals surface area contributed by atoms with Crippen LogP contribution in [0.2, 0.25) is 0 Å². The molecule has 0 aliphatic carbocycles. The number of benzene rings is 3. The number of carbonyl (C=O) groups is 2.